The van der Waals surface area contributed by atoms with E-state index >= 15 is 0 Å². The van der Waals surface area contributed by atoms with Crippen LogP contribution in [0.1, 0.15) is 23.7 Å². The topological polar surface area (TPSA) is 50.4 Å². The Labute approximate surface area is 108 Å². The molecule has 1 amide bonds. The van der Waals surface area contributed by atoms with E-state index in [1.807, 2.05) is 19.2 Å². The molecule has 18 heavy (non-hydrogen) atoms. The lowest BCUT2D eigenvalue weighted by Crippen LogP contribution is -2.32. The van der Waals surface area contributed by atoms with Crippen LogP contribution in [-0.2, 0) is 16.0 Å². The summed E-state index contributed by atoms with van der Waals surface area (Å²) >= 11 is 0. The predicted molar refractivity (Wildman–Crippen MR) is 70.4 cm³/mol. The molecular weight excluding hydrogens is 228 g/mol. The lowest BCUT2D eigenvalue weighted by Gasteiger charge is -2.25. The molecule has 0 aromatic heterocycles. The number of rotatable bonds is 5. The number of hydrogen-bond acceptors (Lipinski definition) is 3. The minimum atomic E-state index is -0.0930. The van der Waals surface area contributed by atoms with Crippen molar-refractivity contribution in [1.82, 2.24) is 10.6 Å². The number of amides is 1. The zero-order chi connectivity index (χ0) is 12.8. The average Bonchev–Trinajstić information content (AvgIpc) is 2.39. The lowest BCUT2D eigenvalue weighted by atomic mass is 9.96. The summed E-state index contributed by atoms with van der Waals surface area (Å²) in [5.74, 6) is 0.0481. The quantitative estimate of drug-likeness (QED) is 0.765. The molecule has 1 aromatic rings. The van der Waals surface area contributed by atoms with Crippen molar-refractivity contribution >= 4 is 5.91 Å². The standard InChI is InChI=1S/C14H20N2O2/c1-15-7-8-16-14(17)10-13-12-5-3-2-4-11(12)6-9-18-13/h2-5,13,15H,6-10H2,1H3,(H,16,17). The monoisotopic (exact) mass is 248 g/mol. The van der Waals surface area contributed by atoms with Crippen molar-refractivity contribution in [3.63, 3.8) is 0 Å². The van der Waals surface area contributed by atoms with Crippen molar-refractivity contribution < 1.29 is 9.53 Å². The Morgan fingerprint density at radius 1 is 1.39 bits per heavy atom. The van der Waals surface area contributed by atoms with Crippen molar-refractivity contribution in [3.05, 3.63) is 35.4 Å². The third kappa shape index (κ3) is 3.31. The number of nitrogens with one attached hydrogen (secondary N) is 2. The third-order valence-electron chi connectivity index (χ3n) is 3.16. The minimum absolute atomic E-state index is 0.0481. The van der Waals surface area contributed by atoms with Crippen molar-refractivity contribution in [2.24, 2.45) is 0 Å². The molecule has 0 saturated carbocycles. The fraction of sp³-hybridized carbons (Fsp3) is 0.500. The van der Waals surface area contributed by atoms with Gasteiger partial charge in [0, 0.05) is 13.1 Å². The molecule has 4 nitrogen and oxygen atoms in total. The maximum atomic E-state index is 11.8. The normalized spacial score (nSPS) is 18.2. The molecular formula is C14H20N2O2. The third-order valence-corrected chi connectivity index (χ3v) is 3.16. The second-order valence-corrected chi connectivity index (χ2v) is 4.47. The van der Waals surface area contributed by atoms with Crippen LogP contribution in [0, 0.1) is 0 Å². The number of benzene rings is 1. The van der Waals surface area contributed by atoms with Crippen molar-refractivity contribution in [2.75, 3.05) is 26.7 Å². The zero-order valence-corrected chi connectivity index (χ0v) is 10.7. The molecule has 0 bridgehead atoms. The fourth-order valence-corrected chi connectivity index (χ4v) is 2.21. The highest BCUT2D eigenvalue weighted by atomic mass is 16.5. The molecule has 0 fully saturated rings. The number of carbonyl (C=O) groups is 1. The second kappa shape index (κ2) is 6.52. The Hall–Kier alpha value is -1.39. The summed E-state index contributed by atoms with van der Waals surface area (Å²) in [6.45, 7) is 2.14. The number of fused-ring (bicyclic) bond motifs is 1. The molecule has 0 radical (unpaired) electrons. The molecule has 0 spiro atoms. The van der Waals surface area contributed by atoms with Crippen molar-refractivity contribution in [1.29, 1.82) is 0 Å². The smallest absolute Gasteiger partial charge is 0.223 e. The Morgan fingerprint density at radius 2 is 2.22 bits per heavy atom. The molecule has 98 valence electrons. The number of ether oxygens (including phenoxy) is 1. The highest BCUT2D eigenvalue weighted by molar-refractivity contribution is 5.76. The summed E-state index contributed by atoms with van der Waals surface area (Å²) in [5.41, 5.74) is 2.46. The van der Waals surface area contributed by atoms with E-state index in [1.165, 1.54) is 5.56 Å². The molecule has 4 heteroatoms. The van der Waals surface area contributed by atoms with Crippen LogP contribution >= 0.6 is 0 Å². The van der Waals surface area contributed by atoms with Gasteiger partial charge in [-0.1, -0.05) is 24.3 Å². The maximum absolute atomic E-state index is 11.8. The molecule has 0 aliphatic carbocycles. The maximum Gasteiger partial charge on any atom is 0.223 e. The van der Waals surface area contributed by atoms with Gasteiger partial charge in [0.1, 0.15) is 0 Å². The van der Waals surface area contributed by atoms with Crippen LogP contribution in [0.15, 0.2) is 24.3 Å². The Kier molecular flexibility index (Phi) is 4.73. The van der Waals surface area contributed by atoms with Gasteiger partial charge in [0.2, 0.25) is 5.91 Å². The Morgan fingerprint density at radius 3 is 3.06 bits per heavy atom. The van der Waals surface area contributed by atoms with Gasteiger partial charge < -0.3 is 15.4 Å². The molecule has 2 rings (SSSR count). The summed E-state index contributed by atoms with van der Waals surface area (Å²) < 4.78 is 5.70. The first kappa shape index (κ1) is 13.1. The van der Waals surface area contributed by atoms with Gasteiger partial charge in [0.05, 0.1) is 19.1 Å². The second-order valence-electron chi connectivity index (χ2n) is 4.47. The Bertz CT molecular complexity index is 407. The largest absolute Gasteiger partial charge is 0.373 e. The summed E-state index contributed by atoms with van der Waals surface area (Å²) in [4.78, 5) is 11.8. The van der Waals surface area contributed by atoms with Crippen LogP contribution in [0.25, 0.3) is 0 Å². The summed E-state index contributed by atoms with van der Waals surface area (Å²) in [6.07, 6.45) is 1.25. The molecule has 2 N–H and O–H groups in total. The Balaban J connectivity index is 1.92. The van der Waals surface area contributed by atoms with Gasteiger partial charge in [-0.3, -0.25) is 4.79 Å². The predicted octanol–water partition coefficient (Wildman–Crippen LogP) is 1.03. The van der Waals surface area contributed by atoms with E-state index in [0.717, 1.165) is 18.5 Å². The molecule has 1 heterocycles. The van der Waals surface area contributed by atoms with Gasteiger partial charge >= 0.3 is 0 Å². The molecule has 0 saturated heterocycles. The number of hydrogen-bond donors (Lipinski definition) is 2. The lowest BCUT2D eigenvalue weighted by molar-refractivity contribution is -0.124. The summed E-state index contributed by atoms with van der Waals surface area (Å²) in [5, 5.41) is 5.88. The van der Waals surface area contributed by atoms with Gasteiger partial charge in [-0.15, -0.1) is 0 Å². The minimum Gasteiger partial charge on any atom is -0.373 e. The number of carbonyl (C=O) groups excluding carboxylic acids is 1. The highest BCUT2D eigenvalue weighted by Crippen LogP contribution is 2.29. The zero-order valence-electron chi connectivity index (χ0n) is 10.7. The highest BCUT2D eigenvalue weighted by Gasteiger charge is 2.22. The molecule has 1 aromatic carbocycles. The van der Waals surface area contributed by atoms with Crippen LogP contribution in [-0.4, -0.2) is 32.7 Å². The summed E-state index contributed by atoms with van der Waals surface area (Å²) in [7, 11) is 1.87. The van der Waals surface area contributed by atoms with Crippen LogP contribution in [0.4, 0.5) is 0 Å². The number of likely N-dealkylation sites (N-methyl/N-ethyl adjacent to an activating group) is 1. The SMILES string of the molecule is CNCCNC(=O)CC1OCCc2ccccc21. The van der Waals surface area contributed by atoms with E-state index in [9.17, 15) is 4.79 Å². The first-order chi connectivity index (χ1) is 8.81. The van der Waals surface area contributed by atoms with Gasteiger partial charge in [0.25, 0.3) is 0 Å². The van der Waals surface area contributed by atoms with Gasteiger partial charge in [-0.25, -0.2) is 0 Å². The van der Waals surface area contributed by atoms with Crippen molar-refractivity contribution in [3.8, 4) is 0 Å². The van der Waals surface area contributed by atoms with Crippen LogP contribution in [0.3, 0.4) is 0 Å². The van der Waals surface area contributed by atoms with Gasteiger partial charge in [-0.2, -0.15) is 0 Å². The first-order valence-electron chi connectivity index (χ1n) is 6.42. The van der Waals surface area contributed by atoms with E-state index in [0.29, 0.717) is 19.6 Å². The average molecular weight is 248 g/mol. The van der Waals surface area contributed by atoms with E-state index in [1.54, 1.807) is 0 Å². The van der Waals surface area contributed by atoms with Gasteiger partial charge in [-0.05, 0) is 24.6 Å². The van der Waals surface area contributed by atoms with Crippen LogP contribution in [0.2, 0.25) is 0 Å². The molecule has 1 aliphatic heterocycles. The van der Waals surface area contributed by atoms with Crippen LogP contribution in [0.5, 0.6) is 0 Å². The van der Waals surface area contributed by atoms with Crippen molar-refractivity contribution in [2.45, 2.75) is 18.9 Å². The summed E-state index contributed by atoms with van der Waals surface area (Å²) in [6, 6.07) is 8.21. The fourth-order valence-electron chi connectivity index (χ4n) is 2.21. The molecule has 1 atom stereocenters. The molecule has 1 aliphatic rings. The van der Waals surface area contributed by atoms with Gasteiger partial charge in [0.15, 0.2) is 0 Å². The van der Waals surface area contributed by atoms with E-state index < -0.39 is 0 Å². The van der Waals surface area contributed by atoms with E-state index in [2.05, 4.69) is 22.8 Å². The van der Waals surface area contributed by atoms with E-state index in [-0.39, 0.29) is 12.0 Å². The first-order valence-corrected chi connectivity index (χ1v) is 6.42. The molecule has 1 unspecified atom stereocenters. The van der Waals surface area contributed by atoms with Crippen LogP contribution < -0.4 is 10.6 Å². The van der Waals surface area contributed by atoms with E-state index in [4.69, 9.17) is 4.74 Å².